The van der Waals surface area contributed by atoms with Crippen molar-refractivity contribution in [3.63, 3.8) is 0 Å². The van der Waals surface area contributed by atoms with E-state index in [0.717, 1.165) is 26.1 Å². The fourth-order valence-corrected chi connectivity index (χ4v) is 2.39. The predicted octanol–water partition coefficient (Wildman–Crippen LogP) is 1.02. The minimum absolute atomic E-state index is 0.0328. The Morgan fingerprint density at radius 3 is 3.00 bits per heavy atom. The van der Waals surface area contributed by atoms with Crippen LogP contribution in [-0.2, 0) is 7.05 Å². The van der Waals surface area contributed by atoms with Crippen molar-refractivity contribution >= 4 is 5.91 Å². The van der Waals surface area contributed by atoms with E-state index < -0.39 is 0 Å². The Bertz CT molecular complexity index is 395. The zero-order chi connectivity index (χ0) is 13.0. The van der Waals surface area contributed by atoms with E-state index in [0.29, 0.717) is 11.7 Å². The van der Waals surface area contributed by atoms with E-state index in [-0.39, 0.29) is 5.91 Å². The molecule has 18 heavy (non-hydrogen) atoms. The highest BCUT2D eigenvalue weighted by molar-refractivity contribution is 5.92. The largest absolute Gasteiger partial charge is 0.336 e. The van der Waals surface area contributed by atoms with Crippen LogP contribution in [0.15, 0.2) is 12.3 Å². The molecule has 1 unspecified atom stereocenters. The summed E-state index contributed by atoms with van der Waals surface area (Å²) < 4.78 is 1.67. The van der Waals surface area contributed by atoms with Crippen molar-refractivity contribution in [1.82, 2.24) is 20.0 Å². The lowest BCUT2D eigenvalue weighted by Gasteiger charge is -2.29. The quantitative estimate of drug-likeness (QED) is 0.868. The second-order valence-electron chi connectivity index (χ2n) is 4.87. The Labute approximate surface area is 108 Å². The Morgan fingerprint density at radius 1 is 1.61 bits per heavy atom. The number of hydrogen-bond donors (Lipinski definition) is 1. The van der Waals surface area contributed by atoms with Gasteiger partial charge in [-0.25, -0.2) is 0 Å². The molecule has 1 fully saturated rings. The third kappa shape index (κ3) is 3.10. The van der Waals surface area contributed by atoms with Gasteiger partial charge >= 0.3 is 0 Å². The monoisotopic (exact) mass is 250 g/mol. The van der Waals surface area contributed by atoms with Crippen LogP contribution in [0.5, 0.6) is 0 Å². The summed E-state index contributed by atoms with van der Waals surface area (Å²) in [6.45, 7) is 4.60. The number of amides is 1. The second-order valence-corrected chi connectivity index (χ2v) is 4.87. The summed E-state index contributed by atoms with van der Waals surface area (Å²) in [5, 5.41) is 7.65. The summed E-state index contributed by atoms with van der Waals surface area (Å²) in [4.78, 5) is 14.2. The number of nitrogens with one attached hydrogen (secondary N) is 1. The molecular weight excluding hydrogens is 228 g/mol. The van der Waals surface area contributed by atoms with Gasteiger partial charge in [-0.15, -0.1) is 0 Å². The molecule has 1 aromatic heterocycles. The zero-order valence-corrected chi connectivity index (χ0v) is 11.2. The maximum Gasteiger partial charge on any atom is 0.274 e. The molecule has 2 heterocycles. The first-order valence-electron chi connectivity index (χ1n) is 6.73. The number of carbonyl (C=O) groups excluding carboxylic acids is 1. The van der Waals surface area contributed by atoms with E-state index in [1.54, 1.807) is 16.9 Å². The van der Waals surface area contributed by atoms with Gasteiger partial charge in [-0.3, -0.25) is 9.48 Å². The van der Waals surface area contributed by atoms with Gasteiger partial charge in [0.1, 0.15) is 5.69 Å². The van der Waals surface area contributed by atoms with E-state index in [9.17, 15) is 4.79 Å². The van der Waals surface area contributed by atoms with Gasteiger partial charge in [-0.2, -0.15) is 5.10 Å². The number of rotatable bonds is 4. The number of carbonyl (C=O) groups is 1. The Kier molecular flexibility index (Phi) is 4.36. The number of hydrogen-bond acceptors (Lipinski definition) is 3. The molecule has 1 aromatic rings. The molecule has 0 bridgehead atoms. The van der Waals surface area contributed by atoms with Crippen LogP contribution in [0.3, 0.4) is 0 Å². The van der Waals surface area contributed by atoms with Crippen LogP contribution in [0.25, 0.3) is 0 Å². The summed E-state index contributed by atoms with van der Waals surface area (Å²) in [7, 11) is 1.83. The smallest absolute Gasteiger partial charge is 0.274 e. The van der Waals surface area contributed by atoms with Gasteiger partial charge < -0.3 is 10.2 Å². The standard InChI is InChI=1S/C13H22N4O/c1-3-17(10-11-6-4-5-8-14-11)13(18)12-7-9-16(2)15-12/h7,9,11,14H,3-6,8,10H2,1-2H3. The number of aromatic nitrogens is 2. The summed E-state index contributed by atoms with van der Waals surface area (Å²) >= 11 is 0. The average molecular weight is 250 g/mol. The van der Waals surface area contributed by atoms with Crippen molar-refractivity contribution in [3.05, 3.63) is 18.0 Å². The van der Waals surface area contributed by atoms with E-state index in [1.807, 2.05) is 18.9 Å². The summed E-state index contributed by atoms with van der Waals surface area (Å²) in [5.74, 6) is 0.0328. The molecule has 1 saturated heterocycles. The van der Waals surface area contributed by atoms with Crippen LogP contribution < -0.4 is 5.32 Å². The van der Waals surface area contributed by atoms with E-state index >= 15 is 0 Å². The highest BCUT2D eigenvalue weighted by Gasteiger charge is 2.21. The van der Waals surface area contributed by atoms with Gasteiger partial charge in [0.2, 0.25) is 0 Å². The number of likely N-dealkylation sites (N-methyl/N-ethyl adjacent to an activating group) is 1. The first-order chi connectivity index (χ1) is 8.70. The summed E-state index contributed by atoms with van der Waals surface area (Å²) in [6, 6.07) is 2.21. The first kappa shape index (κ1) is 13.1. The minimum atomic E-state index is 0.0328. The van der Waals surface area contributed by atoms with Crippen LogP contribution in [-0.4, -0.2) is 46.3 Å². The normalized spacial score (nSPS) is 19.8. The summed E-state index contributed by atoms with van der Waals surface area (Å²) in [5.41, 5.74) is 0.537. The molecule has 5 nitrogen and oxygen atoms in total. The molecule has 0 saturated carbocycles. The molecule has 2 rings (SSSR count). The fourth-order valence-electron chi connectivity index (χ4n) is 2.39. The molecule has 0 aliphatic carbocycles. The van der Waals surface area contributed by atoms with Crippen LogP contribution in [0.4, 0.5) is 0 Å². The van der Waals surface area contributed by atoms with Crippen molar-refractivity contribution in [3.8, 4) is 0 Å². The molecule has 0 radical (unpaired) electrons. The molecule has 1 amide bonds. The van der Waals surface area contributed by atoms with Gasteiger partial charge in [-0.05, 0) is 32.4 Å². The van der Waals surface area contributed by atoms with Crippen LogP contribution in [0, 0.1) is 0 Å². The molecule has 1 N–H and O–H groups in total. The van der Waals surface area contributed by atoms with E-state index in [4.69, 9.17) is 0 Å². The SMILES string of the molecule is CCN(CC1CCCCN1)C(=O)c1ccn(C)n1. The minimum Gasteiger partial charge on any atom is -0.336 e. The third-order valence-electron chi connectivity index (χ3n) is 3.45. The zero-order valence-electron chi connectivity index (χ0n) is 11.2. The number of aryl methyl sites for hydroxylation is 1. The number of nitrogens with zero attached hydrogens (tertiary/aromatic N) is 3. The Morgan fingerprint density at radius 2 is 2.44 bits per heavy atom. The third-order valence-corrected chi connectivity index (χ3v) is 3.45. The van der Waals surface area contributed by atoms with Crippen molar-refractivity contribution < 1.29 is 4.79 Å². The van der Waals surface area contributed by atoms with Gasteiger partial charge in [-0.1, -0.05) is 6.42 Å². The fraction of sp³-hybridized carbons (Fsp3) is 0.692. The molecule has 0 aromatic carbocycles. The van der Waals surface area contributed by atoms with Gasteiger partial charge in [0.05, 0.1) is 0 Å². The van der Waals surface area contributed by atoms with Crippen molar-refractivity contribution in [2.75, 3.05) is 19.6 Å². The first-order valence-corrected chi connectivity index (χ1v) is 6.73. The van der Waals surface area contributed by atoms with Crippen LogP contribution in [0.1, 0.15) is 36.7 Å². The molecule has 0 spiro atoms. The van der Waals surface area contributed by atoms with Gasteiger partial charge in [0, 0.05) is 32.4 Å². The van der Waals surface area contributed by atoms with E-state index in [2.05, 4.69) is 10.4 Å². The maximum absolute atomic E-state index is 12.3. The number of piperidine rings is 1. The Balaban J connectivity index is 1.97. The predicted molar refractivity (Wildman–Crippen MR) is 70.4 cm³/mol. The molecule has 5 heteroatoms. The van der Waals surface area contributed by atoms with Gasteiger partial charge in [0.15, 0.2) is 0 Å². The lowest BCUT2D eigenvalue weighted by molar-refractivity contribution is 0.0735. The molecule has 1 atom stereocenters. The second kappa shape index (κ2) is 6.00. The Hall–Kier alpha value is -1.36. The van der Waals surface area contributed by atoms with Crippen LogP contribution >= 0.6 is 0 Å². The van der Waals surface area contributed by atoms with Crippen molar-refractivity contribution in [2.24, 2.45) is 7.05 Å². The molecule has 1 aliphatic rings. The highest BCUT2D eigenvalue weighted by Crippen LogP contribution is 2.10. The topological polar surface area (TPSA) is 50.2 Å². The van der Waals surface area contributed by atoms with E-state index in [1.165, 1.54) is 12.8 Å². The lowest BCUT2D eigenvalue weighted by atomic mass is 10.0. The summed E-state index contributed by atoms with van der Waals surface area (Å²) in [6.07, 6.45) is 5.47. The van der Waals surface area contributed by atoms with Crippen LogP contribution in [0.2, 0.25) is 0 Å². The highest BCUT2D eigenvalue weighted by atomic mass is 16.2. The lowest BCUT2D eigenvalue weighted by Crippen LogP contribution is -2.45. The molecule has 100 valence electrons. The van der Waals surface area contributed by atoms with Gasteiger partial charge in [0.25, 0.3) is 5.91 Å². The molecule has 1 aliphatic heterocycles. The van der Waals surface area contributed by atoms with Crippen molar-refractivity contribution in [1.29, 1.82) is 0 Å². The maximum atomic E-state index is 12.3. The van der Waals surface area contributed by atoms with Crippen molar-refractivity contribution in [2.45, 2.75) is 32.2 Å². The molecular formula is C13H22N4O. The average Bonchev–Trinajstić information content (AvgIpc) is 2.83.